The zero-order valence-corrected chi connectivity index (χ0v) is 18.3. The topological polar surface area (TPSA) is 68.9 Å². The van der Waals surface area contributed by atoms with Crippen LogP contribution < -0.4 is 4.74 Å². The number of ether oxygens (including phenoxy) is 2. The van der Waals surface area contributed by atoms with E-state index in [4.69, 9.17) is 9.47 Å². The SMILES string of the molecule is C=CC.C=N/C(=C\C(=C)C)c1c(OCCN(C)C(=O)OC(C)(C)C)cnn1C. The van der Waals surface area contributed by atoms with Crippen molar-refractivity contribution < 1.29 is 14.3 Å². The largest absolute Gasteiger partial charge is 0.488 e. The third-order valence-corrected chi connectivity index (χ3v) is 3.09. The molecule has 0 saturated carbocycles. The number of aryl methyl sites for hydroxylation is 1. The summed E-state index contributed by atoms with van der Waals surface area (Å²) in [6.45, 7) is 20.7. The fourth-order valence-corrected chi connectivity index (χ4v) is 1.96. The summed E-state index contributed by atoms with van der Waals surface area (Å²) in [5.74, 6) is 0.569. The van der Waals surface area contributed by atoms with Crippen LogP contribution in [0.25, 0.3) is 5.70 Å². The van der Waals surface area contributed by atoms with Crippen molar-refractivity contribution in [3.05, 3.63) is 42.8 Å². The molecule has 1 aromatic rings. The quantitative estimate of drug-likeness (QED) is 0.391. The maximum atomic E-state index is 11.9. The molecule has 0 saturated heterocycles. The second-order valence-electron chi connectivity index (χ2n) is 7.17. The zero-order chi connectivity index (χ0) is 21.9. The highest BCUT2D eigenvalue weighted by atomic mass is 16.6. The van der Waals surface area contributed by atoms with E-state index in [0.29, 0.717) is 30.3 Å². The van der Waals surface area contributed by atoms with Gasteiger partial charge in [0, 0.05) is 14.1 Å². The van der Waals surface area contributed by atoms with Crippen molar-refractivity contribution in [3.63, 3.8) is 0 Å². The van der Waals surface area contributed by atoms with E-state index in [-0.39, 0.29) is 0 Å². The Balaban J connectivity index is 0.00000227. The highest BCUT2D eigenvalue weighted by molar-refractivity contribution is 5.71. The first-order valence-electron chi connectivity index (χ1n) is 8.97. The van der Waals surface area contributed by atoms with Crippen molar-refractivity contribution in [2.45, 2.75) is 40.2 Å². The molecule has 1 aromatic heterocycles. The summed E-state index contributed by atoms with van der Waals surface area (Å²) in [5, 5.41) is 4.20. The molecule has 156 valence electrons. The summed E-state index contributed by atoms with van der Waals surface area (Å²) in [7, 11) is 3.46. The zero-order valence-electron chi connectivity index (χ0n) is 18.3. The minimum absolute atomic E-state index is 0.298. The van der Waals surface area contributed by atoms with Crippen LogP contribution in [0.3, 0.4) is 0 Å². The van der Waals surface area contributed by atoms with E-state index < -0.39 is 11.7 Å². The number of likely N-dealkylation sites (N-methyl/N-ethyl adjacent to an activating group) is 1. The molecule has 0 aromatic carbocycles. The second kappa shape index (κ2) is 11.8. The Labute approximate surface area is 169 Å². The minimum Gasteiger partial charge on any atom is -0.488 e. The normalized spacial score (nSPS) is 11.0. The number of carbonyl (C=O) groups excluding carboxylic acids is 1. The summed E-state index contributed by atoms with van der Waals surface area (Å²) in [6.07, 6.45) is 4.78. The molecular formula is C21H34N4O3. The molecule has 1 amide bonds. The lowest BCUT2D eigenvalue weighted by Crippen LogP contribution is -2.36. The van der Waals surface area contributed by atoms with E-state index in [1.807, 2.05) is 40.7 Å². The van der Waals surface area contributed by atoms with Gasteiger partial charge in [-0.15, -0.1) is 6.58 Å². The third-order valence-electron chi connectivity index (χ3n) is 3.09. The number of nitrogens with zero attached hydrogens (tertiary/aromatic N) is 4. The van der Waals surface area contributed by atoms with Crippen molar-refractivity contribution in [3.8, 4) is 5.75 Å². The van der Waals surface area contributed by atoms with E-state index in [0.717, 1.165) is 5.57 Å². The molecule has 0 radical (unpaired) electrons. The Morgan fingerprint density at radius 1 is 1.43 bits per heavy atom. The van der Waals surface area contributed by atoms with Crippen molar-refractivity contribution in [1.29, 1.82) is 0 Å². The average Bonchev–Trinajstić information content (AvgIpc) is 2.92. The minimum atomic E-state index is -0.527. The van der Waals surface area contributed by atoms with Crippen LogP contribution in [-0.4, -0.2) is 53.3 Å². The number of amides is 1. The monoisotopic (exact) mass is 390 g/mol. The van der Waals surface area contributed by atoms with Gasteiger partial charge in [0.25, 0.3) is 0 Å². The fraction of sp³-hybridized carbons (Fsp3) is 0.476. The van der Waals surface area contributed by atoms with Crippen LogP contribution in [0.15, 0.2) is 42.1 Å². The number of aliphatic imine (C=N–C) groups is 1. The van der Waals surface area contributed by atoms with Gasteiger partial charge in [-0.05, 0) is 47.4 Å². The van der Waals surface area contributed by atoms with Gasteiger partial charge >= 0.3 is 6.09 Å². The smallest absolute Gasteiger partial charge is 0.410 e. The molecule has 1 heterocycles. The number of hydrogen-bond donors (Lipinski definition) is 0. The van der Waals surface area contributed by atoms with E-state index in [2.05, 4.69) is 30.0 Å². The number of aromatic nitrogens is 2. The van der Waals surface area contributed by atoms with Gasteiger partial charge in [0.1, 0.15) is 17.9 Å². The standard InChI is InChI=1S/C18H28N4O3.C3H6/c1-13(2)11-14(19-6)16-15(12-20-22(16)8)24-10-9-21(7)17(23)25-18(3,4)5;1-3-2/h11-12H,1,6,9-10H2,2-5,7-8H3;3H,1H2,2H3/b14-11-;. The Kier molecular flexibility index (Phi) is 10.6. The summed E-state index contributed by atoms with van der Waals surface area (Å²) >= 11 is 0. The predicted molar refractivity (Wildman–Crippen MR) is 116 cm³/mol. The number of carbonyl (C=O) groups is 1. The van der Waals surface area contributed by atoms with E-state index in [9.17, 15) is 4.79 Å². The molecule has 0 N–H and O–H groups in total. The van der Waals surface area contributed by atoms with E-state index in [1.165, 1.54) is 4.90 Å². The summed E-state index contributed by atoms with van der Waals surface area (Å²) < 4.78 is 12.7. The maximum Gasteiger partial charge on any atom is 0.410 e. The lowest BCUT2D eigenvalue weighted by Gasteiger charge is -2.24. The molecule has 0 unspecified atom stereocenters. The van der Waals surface area contributed by atoms with Gasteiger partial charge in [0.15, 0.2) is 5.75 Å². The summed E-state index contributed by atoms with van der Waals surface area (Å²) in [5.41, 5.74) is 1.65. The molecule has 0 aliphatic heterocycles. The van der Waals surface area contributed by atoms with Gasteiger partial charge < -0.3 is 14.4 Å². The second-order valence-corrected chi connectivity index (χ2v) is 7.17. The summed E-state index contributed by atoms with van der Waals surface area (Å²) in [6, 6.07) is 0. The van der Waals surface area contributed by atoms with Crippen LogP contribution >= 0.6 is 0 Å². The van der Waals surface area contributed by atoms with Crippen LogP contribution in [-0.2, 0) is 11.8 Å². The predicted octanol–water partition coefficient (Wildman–Crippen LogP) is 4.48. The fourth-order valence-electron chi connectivity index (χ4n) is 1.96. The Bertz CT molecular complexity index is 712. The van der Waals surface area contributed by atoms with Gasteiger partial charge in [-0.25, -0.2) is 4.79 Å². The molecule has 0 spiro atoms. The van der Waals surface area contributed by atoms with Crippen LogP contribution in [0.2, 0.25) is 0 Å². The highest BCUT2D eigenvalue weighted by Crippen LogP contribution is 2.27. The lowest BCUT2D eigenvalue weighted by atomic mass is 10.2. The maximum absolute atomic E-state index is 11.9. The van der Waals surface area contributed by atoms with Crippen LogP contribution in [0.5, 0.6) is 5.75 Å². The molecule has 0 bridgehead atoms. The van der Waals surface area contributed by atoms with Crippen LogP contribution in [0.1, 0.15) is 40.3 Å². The number of hydrogen-bond acceptors (Lipinski definition) is 5. The van der Waals surface area contributed by atoms with E-state index in [1.54, 1.807) is 31.1 Å². The van der Waals surface area contributed by atoms with Gasteiger partial charge in [-0.1, -0.05) is 18.2 Å². The van der Waals surface area contributed by atoms with Gasteiger partial charge in [0.2, 0.25) is 0 Å². The molecule has 0 aliphatic rings. The third kappa shape index (κ3) is 9.21. The number of allylic oxidation sites excluding steroid dienone is 3. The first kappa shape index (κ1) is 25.2. The molecular weight excluding hydrogens is 356 g/mol. The molecule has 0 aliphatic carbocycles. The van der Waals surface area contributed by atoms with Crippen LogP contribution in [0.4, 0.5) is 4.79 Å². The van der Waals surface area contributed by atoms with Crippen molar-refractivity contribution >= 4 is 18.5 Å². The van der Waals surface area contributed by atoms with Gasteiger partial charge in [-0.3, -0.25) is 9.67 Å². The van der Waals surface area contributed by atoms with Crippen LogP contribution in [0, 0.1) is 0 Å². The molecule has 28 heavy (non-hydrogen) atoms. The van der Waals surface area contributed by atoms with Crippen molar-refractivity contribution in [2.24, 2.45) is 12.0 Å². The van der Waals surface area contributed by atoms with Crippen molar-refractivity contribution in [2.75, 3.05) is 20.2 Å². The molecule has 0 fully saturated rings. The Morgan fingerprint density at radius 2 is 2.00 bits per heavy atom. The number of rotatable bonds is 7. The van der Waals surface area contributed by atoms with Gasteiger partial charge in [-0.2, -0.15) is 5.10 Å². The lowest BCUT2D eigenvalue weighted by molar-refractivity contribution is 0.0278. The van der Waals surface area contributed by atoms with Crippen molar-refractivity contribution in [1.82, 2.24) is 14.7 Å². The molecule has 7 heteroatoms. The molecule has 1 rings (SSSR count). The first-order chi connectivity index (χ1) is 13.0. The Morgan fingerprint density at radius 3 is 2.46 bits per heavy atom. The average molecular weight is 391 g/mol. The molecule has 0 atom stereocenters. The first-order valence-corrected chi connectivity index (χ1v) is 8.97. The molecule has 7 nitrogen and oxygen atoms in total. The highest BCUT2D eigenvalue weighted by Gasteiger charge is 2.20. The van der Waals surface area contributed by atoms with Gasteiger partial charge in [0.05, 0.1) is 18.4 Å². The van der Waals surface area contributed by atoms with E-state index >= 15 is 0 Å². The Hall–Kier alpha value is -2.83. The summed E-state index contributed by atoms with van der Waals surface area (Å²) in [4.78, 5) is 17.4.